The number of benzene rings is 2. The number of hydrogen-bond acceptors (Lipinski definition) is 6. The number of nitrogens with zero attached hydrogens (tertiary/aromatic N) is 2. The zero-order valence-electron chi connectivity index (χ0n) is 15.3. The number of rotatable bonds is 8. The Labute approximate surface area is 174 Å². The minimum Gasteiger partial charge on any atom is -0.325 e. The van der Waals surface area contributed by atoms with Gasteiger partial charge in [-0.05, 0) is 29.8 Å². The summed E-state index contributed by atoms with van der Waals surface area (Å²) in [6, 6.07) is 13.7. The molecule has 0 saturated heterocycles. The predicted molar refractivity (Wildman–Crippen MR) is 107 cm³/mol. The standard InChI is InChI=1S/C18H16F2N4O4S2/c19-16(20)30(27,28)14-8-6-13(7-9-14)21-15(25)11-29-18-23-22-17(26)24(18)10-12-4-2-1-3-5-12/h1-9,16H,10-11H2,(H,21,25)(H,22,26). The van der Waals surface area contributed by atoms with E-state index in [1.807, 2.05) is 30.3 Å². The fraction of sp³-hybridized carbons (Fsp3) is 0.167. The Bertz CT molecular complexity index is 1180. The third-order valence-corrected chi connectivity index (χ3v) is 6.32. The zero-order chi connectivity index (χ0) is 21.7. The van der Waals surface area contributed by atoms with Crippen LogP contribution in [0.3, 0.4) is 0 Å². The fourth-order valence-electron chi connectivity index (χ4n) is 2.48. The molecule has 1 amide bonds. The molecule has 2 aromatic carbocycles. The fourth-order valence-corrected chi connectivity index (χ4v) is 3.94. The van der Waals surface area contributed by atoms with Crippen LogP contribution in [0.15, 0.2) is 69.4 Å². The number of alkyl halides is 2. The normalized spacial score (nSPS) is 11.6. The first-order valence-electron chi connectivity index (χ1n) is 8.51. The number of nitrogens with one attached hydrogen (secondary N) is 2. The summed E-state index contributed by atoms with van der Waals surface area (Å²) >= 11 is 1.04. The van der Waals surface area contributed by atoms with E-state index < -0.39 is 32.1 Å². The Kier molecular flexibility index (Phi) is 6.67. The summed E-state index contributed by atoms with van der Waals surface area (Å²) < 4.78 is 49.3. The summed E-state index contributed by atoms with van der Waals surface area (Å²) in [5.74, 6) is -4.03. The molecule has 0 bridgehead atoms. The highest BCUT2D eigenvalue weighted by Gasteiger charge is 2.26. The lowest BCUT2D eigenvalue weighted by Crippen LogP contribution is -2.19. The van der Waals surface area contributed by atoms with Crippen molar-refractivity contribution in [2.45, 2.75) is 22.4 Å². The lowest BCUT2D eigenvalue weighted by Gasteiger charge is -2.08. The van der Waals surface area contributed by atoms with Crippen LogP contribution in [0.4, 0.5) is 14.5 Å². The van der Waals surface area contributed by atoms with Gasteiger partial charge in [0.25, 0.3) is 0 Å². The molecule has 2 N–H and O–H groups in total. The number of aromatic amines is 1. The SMILES string of the molecule is O=C(CSc1n[nH]c(=O)n1Cc1ccccc1)Nc1ccc(S(=O)(=O)C(F)F)cc1. The van der Waals surface area contributed by atoms with Crippen molar-refractivity contribution in [2.75, 3.05) is 11.1 Å². The molecule has 0 radical (unpaired) electrons. The average molecular weight is 454 g/mol. The van der Waals surface area contributed by atoms with Gasteiger partial charge < -0.3 is 5.32 Å². The number of thioether (sulfide) groups is 1. The number of carbonyl (C=O) groups excluding carboxylic acids is 1. The number of hydrogen-bond donors (Lipinski definition) is 2. The van der Waals surface area contributed by atoms with Crippen molar-refractivity contribution in [3.8, 4) is 0 Å². The minimum absolute atomic E-state index is 0.0732. The molecular formula is C18H16F2N4O4S2. The molecule has 3 aromatic rings. The first-order valence-corrected chi connectivity index (χ1v) is 11.0. The molecule has 158 valence electrons. The highest BCUT2D eigenvalue weighted by molar-refractivity contribution is 7.99. The van der Waals surface area contributed by atoms with Gasteiger partial charge in [0, 0.05) is 5.69 Å². The van der Waals surface area contributed by atoms with Gasteiger partial charge in [-0.15, -0.1) is 5.10 Å². The lowest BCUT2D eigenvalue weighted by atomic mass is 10.2. The third kappa shape index (κ3) is 5.13. The Hall–Kier alpha value is -2.99. The quantitative estimate of drug-likeness (QED) is 0.505. The second kappa shape index (κ2) is 9.22. The zero-order valence-corrected chi connectivity index (χ0v) is 16.9. The molecule has 0 aliphatic heterocycles. The number of sulfone groups is 1. The van der Waals surface area contributed by atoms with Crippen molar-refractivity contribution >= 4 is 33.2 Å². The molecule has 1 aromatic heterocycles. The summed E-state index contributed by atoms with van der Waals surface area (Å²) in [5.41, 5.74) is 0.737. The van der Waals surface area contributed by atoms with Gasteiger partial charge in [0.2, 0.25) is 15.7 Å². The van der Waals surface area contributed by atoms with Crippen LogP contribution in [0.25, 0.3) is 0 Å². The van der Waals surface area contributed by atoms with Crippen molar-refractivity contribution in [2.24, 2.45) is 0 Å². The van der Waals surface area contributed by atoms with E-state index in [2.05, 4.69) is 15.5 Å². The predicted octanol–water partition coefficient (Wildman–Crippen LogP) is 2.35. The summed E-state index contributed by atoms with van der Waals surface area (Å²) in [4.78, 5) is 23.6. The number of carbonyl (C=O) groups is 1. The second-order valence-corrected chi connectivity index (χ2v) is 8.91. The maximum atomic E-state index is 12.5. The van der Waals surface area contributed by atoms with E-state index in [0.29, 0.717) is 11.7 Å². The molecule has 30 heavy (non-hydrogen) atoms. The number of aromatic nitrogens is 3. The summed E-state index contributed by atoms with van der Waals surface area (Å²) in [6.45, 7) is 0.292. The Morgan fingerprint density at radius 3 is 2.43 bits per heavy atom. The number of halogens is 2. The van der Waals surface area contributed by atoms with Crippen molar-refractivity contribution in [3.63, 3.8) is 0 Å². The van der Waals surface area contributed by atoms with Crippen LogP contribution in [-0.2, 0) is 21.2 Å². The monoisotopic (exact) mass is 454 g/mol. The molecule has 0 saturated carbocycles. The largest absolute Gasteiger partial charge is 0.344 e. The van der Waals surface area contributed by atoms with Crippen LogP contribution in [-0.4, -0.2) is 40.6 Å². The molecule has 0 spiro atoms. The lowest BCUT2D eigenvalue weighted by molar-refractivity contribution is -0.113. The molecule has 0 atom stereocenters. The highest BCUT2D eigenvalue weighted by atomic mass is 32.2. The van der Waals surface area contributed by atoms with Crippen LogP contribution < -0.4 is 11.0 Å². The van der Waals surface area contributed by atoms with Crippen LogP contribution in [0.5, 0.6) is 0 Å². The highest BCUT2D eigenvalue weighted by Crippen LogP contribution is 2.21. The van der Waals surface area contributed by atoms with E-state index in [0.717, 1.165) is 29.5 Å². The van der Waals surface area contributed by atoms with E-state index in [-0.39, 0.29) is 11.4 Å². The molecule has 3 rings (SSSR count). The third-order valence-electron chi connectivity index (χ3n) is 3.94. The van der Waals surface area contributed by atoms with E-state index >= 15 is 0 Å². The summed E-state index contributed by atoms with van der Waals surface area (Å²) in [7, 11) is -4.69. The Balaban J connectivity index is 1.61. The summed E-state index contributed by atoms with van der Waals surface area (Å²) in [6.07, 6.45) is 0. The van der Waals surface area contributed by atoms with Gasteiger partial charge in [0.15, 0.2) is 5.16 Å². The topological polar surface area (TPSA) is 114 Å². The van der Waals surface area contributed by atoms with Gasteiger partial charge in [-0.25, -0.2) is 18.3 Å². The van der Waals surface area contributed by atoms with E-state index in [1.165, 1.54) is 16.7 Å². The van der Waals surface area contributed by atoms with Gasteiger partial charge in [-0.2, -0.15) is 8.78 Å². The number of amides is 1. The van der Waals surface area contributed by atoms with Crippen molar-refractivity contribution < 1.29 is 22.0 Å². The van der Waals surface area contributed by atoms with Crippen LogP contribution >= 0.6 is 11.8 Å². The Morgan fingerprint density at radius 2 is 1.80 bits per heavy atom. The van der Waals surface area contributed by atoms with Gasteiger partial charge in [0.1, 0.15) is 0 Å². The molecule has 12 heteroatoms. The van der Waals surface area contributed by atoms with Gasteiger partial charge in [-0.1, -0.05) is 42.1 Å². The maximum Gasteiger partial charge on any atom is 0.344 e. The van der Waals surface area contributed by atoms with Crippen molar-refractivity contribution in [3.05, 3.63) is 70.6 Å². The average Bonchev–Trinajstić information content (AvgIpc) is 3.07. The molecule has 1 heterocycles. The van der Waals surface area contributed by atoms with Crippen LogP contribution in [0.2, 0.25) is 0 Å². The molecule has 0 aliphatic carbocycles. The molecule has 0 aliphatic rings. The van der Waals surface area contributed by atoms with Crippen LogP contribution in [0, 0.1) is 0 Å². The van der Waals surface area contributed by atoms with E-state index in [4.69, 9.17) is 0 Å². The van der Waals surface area contributed by atoms with Gasteiger partial charge >= 0.3 is 11.4 Å². The Morgan fingerprint density at radius 1 is 1.13 bits per heavy atom. The maximum absolute atomic E-state index is 12.5. The summed E-state index contributed by atoms with van der Waals surface area (Å²) in [5, 5.41) is 9.12. The number of anilines is 1. The van der Waals surface area contributed by atoms with Crippen molar-refractivity contribution in [1.82, 2.24) is 14.8 Å². The first kappa shape index (κ1) is 21.7. The molecular weight excluding hydrogens is 438 g/mol. The van der Waals surface area contributed by atoms with Crippen LogP contribution in [0.1, 0.15) is 5.56 Å². The first-order chi connectivity index (χ1) is 14.3. The van der Waals surface area contributed by atoms with E-state index in [1.54, 1.807) is 0 Å². The molecule has 0 unspecified atom stereocenters. The van der Waals surface area contributed by atoms with Gasteiger partial charge in [-0.3, -0.25) is 9.36 Å². The molecule has 0 fully saturated rings. The van der Waals surface area contributed by atoms with Gasteiger partial charge in [0.05, 0.1) is 17.2 Å². The van der Waals surface area contributed by atoms with Crippen molar-refractivity contribution in [1.29, 1.82) is 0 Å². The smallest absolute Gasteiger partial charge is 0.325 e. The van der Waals surface area contributed by atoms with E-state index in [9.17, 15) is 26.8 Å². The second-order valence-electron chi connectivity index (χ2n) is 6.05. The molecule has 8 nitrogen and oxygen atoms in total. The minimum atomic E-state index is -4.69. The number of H-pyrrole nitrogens is 1.